The number of nitrogens with one attached hydrogen (secondary N) is 2. The largest absolute Gasteiger partial charge is 0.313 e. The van der Waals surface area contributed by atoms with Crippen LogP contribution in [0.25, 0.3) is 0 Å². The summed E-state index contributed by atoms with van der Waals surface area (Å²) in [4.78, 5) is 0. The quantitative estimate of drug-likeness (QED) is 0.671. The zero-order valence-corrected chi connectivity index (χ0v) is 8.56. The predicted octanol–water partition coefficient (Wildman–Crippen LogP) is 1.51. The number of hydrogen-bond acceptors (Lipinski definition) is 2. The molecule has 2 N–H and O–H groups in total. The van der Waals surface area contributed by atoms with Gasteiger partial charge < -0.3 is 10.6 Å². The van der Waals surface area contributed by atoms with Crippen molar-refractivity contribution in [2.45, 2.75) is 58.2 Å². The molecule has 2 heteroatoms. The average Bonchev–Trinajstić information content (AvgIpc) is 2.01. The first-order valence-electron chi connectivity index (χ1n) is 5.18. The molecule has 2 atom stereocenters. The van der Waals surface area contributed by atoms with E-state index in [1.54, 1.807) is 0 Å². The van der Waals surface area contributed by atoms with Crippen LogP contribution in [0.3, 0.4) is 0 Å². The fourth-order valence-electron chi connectivity index (χ4n) is 1.78. The van der Waals surface area contributed by atoms with E-state index in [0.29, 0.717) is 12.1 Å². The monoisotopic (exact) mass is 170 g/mol. The van der Waals surface area contributed by atoms with Crippen LogP contribution < -0.4 is 10.6 Å². The highest BCUT2D eigenvalue weighted by atomic mass is 15.0. The van der Waals surface area contributed by atoms with E-state index in [2.05, 4.69) is 31.4 Å². The highest BCUT2D eigenvalue weighted by molar-refractivity contribution is 4.79. The highest BCUT2D eigenvalue weighted by Crippen LogP contribution is 2.11. The van der Waals surface area contributed by atoms with E-state index in [4.69, 9.17) is 0 Å². The molecule has 0 spiro atoms. The van der Waals surface area contributed by atoms with Gasteiger partial charge in [-0.3, -0.25) is 0 Å². The first-order valence-corrected chi connectivity index (χ1v) is 5.18. The summed E-state index contributed by atoms with van der Waals surface area (Å²) < 4.78 is 0. The maximum absolute atomic E-state index is 3.61. The van der Waals surface area contributed by atoms with Gasteiger partial charge in [0.2, 0.25) is 0 Å². The molecule has 0 aromatic rings. The van der Waals surface area contributed by atoms with Crippen molar-refractivity contribution < 1.29 is 0 Å². The van der Waals surface area contributed by atoms with Crippen LogP contribution in [0.15, 0.2) is 0 Å². The third-order valence-corrected chi connectivity index (χ3v) is 2.48. The molecule has 12 heavy (non-hydrogen) atoms. The van der Waals surface area contributed by atoms with E-state index in [-0.39, 0.29) is 0 Å². The number of hydrogen-bond donors (Lipinski definition) is 2. The Kier molecular flexibility index (Phi) is 4.02. The zero-order valence-electron chi connectivity index (χ0n) is 8.56. The summed E-state index contributed by atoms with van der Waals surface area (Å²) >= 11 is 0. The molecule has 1 saturated heterocycles. The lowest BCUT2D eigenvalue weighted by Crippen LogP contribution is -2.47. The summed E-state index contributed by atoms with van der Waals surface area (Å²) in [5, 5.41) is 7.08. The third-order valence-electron chi connectivity index (χ3n) is 2.48. The van der Waals surface area contributed by atoms with Crippen molar-refractivity contribution in [1.82, 2.24) is 10.6 Å². The van der Waals surface area contributed by atoms with E-state index in [1.165, 1.54) is 19.3 Å². The molecule has 1 heterocycles. The van der Waals surface area contributed by atoms with Crippen LogP contribution in [0, 0.1) is 0 Å². The molecule has 0 radical (unpaired) electrons. The van der Waals surface area contributed by atoms with Gasteiger partial charge >= 0.3 is 0 Å². The lowest BCUT2D eigenvalue weighted by atomic mass is 9.99. The molecule has 0 amide bonds. The fourth-order valence-corrected chi connectivity index (χ4v) is 1.78. The van der Waals surface area contributed by atoms with Crippen LogP contribution in [0.4, 0.5) is 0 Å². The Hall–Kier alpha value is -0.0800. The van der Waals surface area contributed by atoms with Gasteiger partial charge in [0.25, 0.3) is 0 Å². The lowest BCUT2D eigenvalue weighted by Gasteiger charge is -2.29. The van der Waals surface area contributed by atoms with E-state index >= 15 is 0 Å². The average molecular weight is 170 g/mol. The second-order valence-corrected chi connectivity index (χ2v) is 4.26. The maximum Gasteiger partial charge on any atom is 0.0195 e. The van der Waals surface area contributed by atoms with Gasteiger partial charge in [-0.1, -0.05) is 20.3 Å². The SMILES string of the molecule is CC(C)NCC1CCCC(C)N1. The van der Waals surface area contributed by atoms with Crippen molar-refractivity contribution in [3.8, 4) is 0 Å². The summed E-state index contributed by atoms with van der Waals surface area (Å²) in [5.41, 5.74) is 0. The molecule has 1 rings (SSSR count). The van der Waals surface area contributed by atoms with Gasteiger partial charge in [0, 0.05) is 24.7 Å². The molecule has 0 aromatic heterocycles. The second kappa shape index (κ2) is 4.83. The summed E-state index contributed by atoms with van der Waals surface area (Å²) in [5.74, 6) is 0. The molecule has 1 aliphatic rings. The Labute approximate surface area is 76.1 Å². The van der Waals surface area contributed by atoms with Gasteiger partial charge in [-0.15, -0.1) is 0 Å². The minimum absolute atomic E-state index is 0.615. The summed E-state index contributed by atoms with van der Waals surface area (Å²) in [6.07, 6.45) is 4.07. The number of piperidine rings is 1. The third kappa shape index (κ3) is 3.55. The normalized spacial score (nSPS) is 31.0. The fraction of sp³-hybridized carbons (Fsp3) is 1.00. The Morgan fingerprint density at radius 2 is 2.17 bits per heavy atom. The lowest BCUT2D eigenvalue weighted by molar-refractivity contribution is 0.319. The topological polar surface area (TPSA) is 24.1 Å². The highest BCUT2D eigenvalue weighted by Gasteiger charge is 2.16. The summed E-state index contributed by atoms with van der Waals surface area (Å²) in [7, 11) is 0. The minimum Gasteiger partial charge on any atom is -0.313 e. The second-order valence-electron chi connectivity index (χ2n) is 4.26. The van der Waals surface area contributed by atoms with E-state index in [1.807, 2.05) is 0 Å². The summed E-state index contributed by atoms with van der Waals surface area (Å²) in [6, 6.07) is 2.04. The molecule has 0 aliphatic carbocycles. The summed E-state index contributed by atoms with van der Waals surface area (Å²) in [6.45, 7) is 7.81. The van der Waals surface area contributed by atoms with E-state index < -0.39 is 0 Å². The smallest absolute Gasteiger partial charge is 0.0195 e. The molecule has 0 bridgehead atoms. The Morgan fingerprint density at radius 3 is 2.75 bits per heavy atom. The van der Waals surface area contributed by atoms with Crippen molar-refractivity contribution in [2.24, 2.45) is 0 Å². The van der Waals surface area contributed by atoms with E-state index in [0.717, 1.165) is 12.6 Å². The van der Waals surface area contributed by atoms with Crippen molar-refractivity contribution in [3.05, 3.63) is 0 Å². The molecule has 72 valence electrons. The van der Waals surface area contributed by atoms with Crippen LogP contribution >= 0.6 is 0 Å². The van der Waals surface area contributed by atoms with Crippen LogP contribution in [0.1, 0.15) is 40.0 Å². The number of rotatable bonds is 3. The zero-order chi connectivity index (χ0) is 8.97. The van der Waals surface area contributed by atoms with Crippen molar-refractivity contribution >= 4 is 0 Å². The van der Waals surface area contributed by atoms with Crippen LogP contribution in [0.2, 0.25) is 0 Å². The molecular weight excluding hydrogens is 148 g/mol. The van der Waals surface area contributed by atoms with Gasteiger partial charge in [-0.25, -0.2) is 0 Å². The van der Waals surface area contributed by atoms with Crippen molar-refractivity contribution in [1.29, 1.82) is 0 Å². The van der Waals surface area contributed by atoms with Crippen LogP contribution in [-0.2, 0) is 0 Å². The first-order chi connectivity index (χ1) is 5.68. The minimum atomic E-state index is 0.615. The first kappa shape index (κ1) is 10.0. The van der Waals surface area contributed by atoms with Gasteiger partial charge in [0.1, 0.15) is 0 Å². The Bertz CT molecular complexity index is 123. The molecule has 0 saturated carbocycles. The molecule has 2 unspecified atom stereocenters. The molecule has 1 aliphatic heterocycles. The van der Waals surface area contributed by atoms with Gasteiger partial charge in [0.05, 0.1) is 0 Å². The predicted molar refractivity (Wildman–Crippen MR) is 53.4 cm³/mol. The van der Waals surface area contributed by atoms with Gasteiger partial charge in [-0.2, -0.15) is 0 Å². The van der Waals surface area contributed by atoms with Crippen LogP contribution in [-0.4, -0.2) is 24.7 Å². The van der Waals surface area contributed by atoms with Crippen molar-refractivity contribution in [3.63, 3.8) is 0 Å². The van der Waals surface area contributed by atoms with Gasteiger partial charge in [-0.05, 0) is 19.8 Å². The Morgan fingerprint density at radius 1 is 1.42 bits per heavy atom. The molecule has 0 aromatic carbocycles. The molecular formula is C10H22N2. The Balaban J connectivity index is 2.14. The maximum atomic E-state index is 3.61. The van der Waals surface area contributed by atoms with Gasteiger partial charge in [0.15, 0.2) is 0 Å². The molecule has 2 nitrogen and oxygen atoms in total. The van der Waals surface area contributed by atoms with E-state index in [9.17, 15) is 0 Å². The molecule has 1 fully saturated rings. The standard InChI is InChI=1S/C10H22N2/c1-8(2)11-7-10-6-4-5-9(3)12-10/h8-12H,4-7H2,1-3H3. The van der Waals surface area contributed by atoms with Crippen molar-refractivity contribution in [2.75, 3.05) is 6.54 Å². The van der Waals surface area contributed by atoms with Crippen LogP contribution in [0.5, 0.6) is 0 Å².